The zero-order valence-corrected chi connectivity index (χ0v) is 11.7. The Morgan fingerprint density at radius 3 is 2.89 bits per heavy atom. The second kappa shape index (κ2) is 5.63. The first-order valence-corrected chi connectivity index (χ1v) is 6.89. The molecule has 5 nitrogen and oxygen atoms in total. The summed E-state index contributed by atoms with van der Waals surface area (Å²) in [5.74, 6) is 0.0438. The summed E-state index contributed by atoms with van der Waals surface area (Å²) in [6, 6.07) is 7.45. The van der Waals surface area contributed by atoms with Gasteiger partial charge in [0.2, 0.25) is 5.91 Å². The number of nitrogens with zero attached hydrogens (tertiary/aromatic N) is 1. The number of rotatable bonds is 5. The Bertz CT molecular complexity index is 547. The fourth-order valence-corrected chi connectivity index (χ4v) is 2.13. The van der Waals surface area contributed by atoms with E-state index >= 15 is 0 Å². The van der Waals surface area contributed by atoms with Crippen LogP contribution in [0.4, 0.5) is 0 Å². The maximum atomic E-state index is 11.7. The summed E-state index contributed by atoms with van der Waals surface area (Å²) in [6.45, 7) is 3.41. The van der Waals surface area contributed by atoms with Crippen molar-refractivity contribution in [3.63, 3.8) is 0 Å². The van der Waals surface area contributed by atoms with Crippen LogP contribution in [0.5, 0.6) is 0 Å². The van der Waals surface area contributed by atoms with Gasteiger partial charge in [0.05, 0.1) is 17.9 Å². The van der Waals surface area contributed by atoms with Gasteiger partial charge in [-0.25, -0.2) is 4.98 Å². The van der Waals surface area contributed by atoms with Crippen molar-refractivity contribution >= 4 is 28.8 Å². The molecule has 1 aromatic heterocycles. The van der Waals surface area contributed by atoms with Crippen LogP contribution in [-0.4, -0.2) is 33.9 Å². The molecule has 0 spiro atoms. The van der Waals surface area contributed by atoms with Crippen LogP contribution in [0, 0.1) is 0 Å². The number of aliphatic hydroxyl groups excluding tert-OH is 1. The first-order chi connectivity index (χ1) is 9.00. The van der Waals surface area contributed by atoms with E-state index in [-0.39, 0.29) is 18.3 Å². The monoisotopic (exact) mass is 280 g/mol. The van der Waals surface area contributed by atoms with Crippen LogP contribution in [0.3, 0.4) is 0 Å². The largest absolute Gasteiger partial charge is 0.431 e. The molecule has 0 atom stereocenters. The molecule has 2 N–H and O–H groups in total. The predicted molar refractivity (Wildman–Crippen MR) is 74.0 cm³/mol. The lowest BCUT2D eigenvalue weighted by Crippen LogP contribution is -2.47. The molecule has 102 valence electrons. The van der Waals surface area contributed by atoms with Crippen molar-refractivity contribution in [3.05, 3.63) is 24.3 Å². The van der Waals surface area contributed by atoms with Gasteiger partial charge in [-0.3, -0.25) is 4.79 Å². The lowest BCUT2D eigenvalue weighted by Gasteiger charge is -2.23. The molecular weight excluding hydrogens is 264 g/mol. The molecule has 1 aromatic carbocycles. The second-order valence-corrected chi connectivity index (χ2v) is 5.75. The number of aromatic nitrogens is 1. The van der Waals surface area contributed by atoms with Crippen molar-refractivity contribution in [1.29, 1.82) is 0 Å². The molecule has 6 heteroatoms. The van der Waals surface area contributed by atoms with Crippen molar-refractivity contribution < 1.29 is 14.3 Å². The molecule has 0 saturated heterocycles. The fraction of sp³-hybridized carbons (Fsp3) is 0.385. The molecule has 2 aromatic rings. The first-order valence-electron chi connectivity index (χ1n) is 5.90. The van der Waals surface area contributed by atoms with E-state index in [1.165, 1.54) is 11.8 Å². The minimum atomic E-state index is -0.612. The zero-order valence-electron chi connectivity index (χ0n) is 10.8. The van der Waals surface area contributed by atoms with Crippen LogP contribution in [0.15, 0.2) is 33.9 Å². The van der Waals surface area contributed by atoms with E-state index in [0.29, 0.717) is 10.8 Å². The van der Waals surface area contributed by atoms with Gasteiger partial charge in [0.15, 0.2) is 5.58 Å². The van der Waals surface area contributed by atoms with Crippen LogP contribution < -0.4 is 5.32 Å². The van der Waals surface area contributed by atoms with E-state index in [1.54, 1.807) is 13.8 Å². The summed E-state index contributed by atoms with van der Waals surface area (Å²) in [5.41, 5.74) is 0.876. The Hall–Kier alpha value is -1.53. The standard InChI is InChI=1S/C13H16N2O3S/c1-13(2,8-16)15-11(17)7-19-12-14-9-5-3-4-6-10(9)18-12/h3-6,16H,7-8H2,1-2H3,(H,15,17). The quantitative estimate of drug-likeness (QED) is 0.817. The Morgan fingerprint density at radius 2 is 2.21 bits per heavy atom. The Balaban J connectivity index is 1.93. The van der Waals surface area contributed by atoms with E-state index in [2.05, 4.69) is 10.3 Å². The summed E-state index contributed by atoms with van der Waals surface area (Å²) in [6.07, 6.45) is 0. The van der Waals surface area contributed by atoms with Crippen LogP contribution in [0.1, 0.15) is 13.8 Å². The van der Waals surface area contributed by atoms with Gasteiger partial charge in [0.1, 0.15) is 5.52 Å². The Labute approximate surface area is 115 Å². The summed E-state index contributed by atoms with van der Waals surface area (Å²) in [5, 5.41) is 12.3. The number of benzene rings is 1. The highest BCUT2D eigenvalue weighted by Crippen LogP contribution is 2.22. The van der Waals surface area contributed by atoms with Gasteiger partial charge in [-0.1, -0.05) is 23.9 Å². The van der Waals surface area contributed by atoms with Gasteiger partial charge in [0, 0.05) is 0 Å². The maximum absolute atomic E-state index is 11.7. The molecule has 0 aliphatic carbocycles. The SMILES string of the molecule is CC(C)(CO)NC(=O)CSc1nc2ccccc2o1. The number of nitrogens with one attached hydrogen (secondary N) is 1. The third kappa shape index (κ3) is 3.71. The van der Waals surface area contributed by atoms with Gasteiger partial charge in [0.25, 0.3) is 5.22 Å². The Morgan fingerprint density at radius 1 is 1.47 bits per heavy atom. The third-order valence-corrected chi connectivity index (χ3v) is 3.30. The van der Waals surface area contributed by atoms with Crippen molar-refractivity contribution in [1.82, 2.24) is 10.3 Å². The molecular formula is C13H16N2O3S. The highest BCUT2D eigenvalue weighted by molar-refractivity contribution is 7.99. The molecule has 1 amide bonds. The topological polar surface area (TPSA) is 75.4 Å². The number of oxazole rings is 1. The number of amides is 1. The number of aliphatic hydroxyl groups is 1. The molecule has 19 heavy (non-hydrogen) atoms. The summed E-state index contributed by atoms with van der Waals surface area (Å²) < 4.78 is 5.50. The lowest BCUT2D eigenvalue weighted by molar-refractivity contribution is -0.120. The van der Waals surface area contributed by atoms with Crippen LogP contribution >= 0.6 is 11.8 Å². The molecule has 0 bridgehead atoms. The number of hydrogen-bond donors (Lipinski definition) is 2. The number of fused-ring (bicyclic) bond motifs is 1. The highest BCUT2D eigenvalue weighted by atomic mass is 32.2. The summed E-state index contributed by atoms with van der Waals surface area (Å²) in [7, 11) is 0. The molecule has 0 radical (unpaired) electrons. The highest BCUT2D eigenvalue weighted by Gasteiger charge is 2.19. The predicted octanol–water partition coefficient (Wildman–Crippen LogP) is 1.81. The minimum Gasteiger partial charge on any atom is -0.431 e. The number of carbonyl (C=O) groups is 1. The van der Waals surface area contributed by atoms with Crippen LogP contribution in [0.25, 0.3) is 11.1 Å². The first kappa shape index (κ1) is 13.9. The third-order valence-electron chi connectivity index (χ3n) is 2.47. The number of carbonyl (C=O) groups excluding carboxylic acids is 1. The molecule has 2 rings (SSSR count). The van der Waals surface area contributed by atoms with Crippen LogP contribution in [-0.2, 0) is 4.79 Å². The summed E-state index contributed by atoms with van der Waals surface area (Å²) >= 11 is 1.23. The van der Waals surface area contributed by atoms with Gasteiger partial charge >= 0.3 is 0 Å². The lowest BCUT2D eigenvalue weighted by atomic mass is 10.1. The van der Waals surface area contributed by atoms with Gasteiger partial charge in [-0.05, 0) is 26.0 Å². The number of para-hydroxylation sites is 2. The second-order valence-electron chi connectivity index (χ2n) is 4.83. The van der Waals surface area contributed by atoms with E-state index < -0.39 is 5.54 Å². The van der Waals surface area contributed by atoms with E-state index in [0.717, 1.165) is 5.52 Å². The fourth-order valence-electron chi connectivity index (χ4n) is 1.49. The van der Waals surface area contributed by atoms with E-state index in [9.17, 15) is 4.79 Å². The number of thioether (sulfide) groups is 1. The van der Waals surface area contributed by atoms with Gasteiger partial charge in [-0.2, -0.15) is 0 Å². The molecule has 0 unspecified atom stereocenters. The smallest absolute Gasteiger partial charge is 0.257 e. The Kier molecular flexibility index (Phi) is 4.11. The maximum Gasteiger partial charge on any atom is 0.257 e. The van der Waals surface area contributed by atoms with E-state index in [4.69, 9.17) is 9.52 Å². The zero-order chi connectivity index (χ0) is 13.9. The summed E-state index contributed by atoms with van der Waals surface area (Å²) in [4.78, 5) is 16.0. The van der Waals surface area contributed by atoms with Crippen molar-refractivity contribution in [2.24, 2.45) is 0 Å². The molecule has 0 aliphatic heterocycles. The molecule has 0 saturated carbocycles. The van der Waals surface area contributed by atoms with Crippen LogP contribution in [0.2, 0.25) is 0 Å². The van der Waals surface area contributed by atoms with Crippen molar-refractivity contribution in [2.75, 3.05) is 12.4 Å². The van der Waals surface area contributed by atoms with Gasteiger partial charge in [-0.15, -0.1) is 0 Å². The van der Waals surface area contributed by atoms with Gasteiger partial charge < -0.3 is 14.8 Å². The molecule has 0 fully saturated rings. The van der Waals surface area contributed by atoms with Crippen molar-refractivity contribution in [3.8, 4) is 0 Å². The van der Waals surface area contributed by atoms with Crippen molar-refractivity contribution in [2.45, 2.75) is 24.6 Å². The molecule has 1 heterocycles. The molecule has 0 aliphatic rings. The average Bonchev–Trinajstić information content (AvgIpc) is 2.78. The minimum absolute atomic E-state index is 0.105. The number of hydrogen-bond acceptors (Lipinski definition) is 5. The normalized spacial score (nSPS) is 11.7. The average molecular weight is 280 g/mol. The van der Waals surface area contributed by atoms with E-state index in [1.807, 2.05) is 24.3 Å².